The molecule has 0 aliphatic rings. The third kappa shape index (κ3) is 6.22. The van der Waals surface area contributed by atoms with Gasteiger partial charge >= 0.3 is 11.7 Å². The lowest BCUT2D eigenvalue weighted by atomic mass is 10.1. The summed E-state index contributed by atoms with van der Waals surface area (Å²) in [5.41, 5.74) is 3.00. The van der Waals surface area contributed by atoms with Crippen LogP contribution in [0, 0.1) is 13.8 Å². The summed E-state index contributed by atoms with van der Waals surface area (Å²) in [6.45, 7) is 3.92. The summed E-state index contributed by atoms with van der Waals surface area (Å²) in [6.07, 6.45) is 0.152. The third-order valence-electron chi connectivity index (χ3n) is 5.39. The molecule has 2 heterocycles. The van der Waals surface area contributed by atoms with E-state index in [0.717, 1.165) is 16.8 Å². The number of benzene rings is 2. The summed E-state index contributed by atoms with van der Waals surface area (Å²) in [6, 6.07) is 13.6. The van der Waals surface area contributed by atoms with E-state index >= 15 is 0 Å². The second-order valence-electron chi connectivity index (χ2n) is 8.22. The van der Waals surface area contributed by atoms with Gasteiger partial charge in [0.1, 0.15) is 5.82 Å². The predicted octanol–water partition coefficient (Wildman–Crippen LogP) is 2.37. The zero-order valence-corrected chi connectivity index (χ0v) is 21.1. The fraction of sp³-hybridized carbons (Fsp3) is 0.200. The second-order valence-corrected chi connectivity index (χ2v) is 9.16. The fourth-order valence-corrected chi connectivity index (χ4v) is 4.39. The van der Waals surface area contributed by atoms with E-state index in [1.165, 1.54) is 24.9 Å². The zero-order valence-electron chi connectivity index (χ0n) is 20.3. The molecule has 37 heavy (non-hydrogen) atoms. The number of carbonyl (C=O) groups is 2. The van der Waals surface area contributed by atoms with Gasteiger partial charge in [-0.25, -0.2) is 9.59 Å². The molecule has 4 aromatic rings. The predicted molar refractivity (Wildman–Crippen MR) is 138 cm³/mol. The van der Waals surface area contributed by atoms with E-state index in [1.54, 1.807) is 24.3 Å². The molecule has 0 spiro atoms. The second kappa shape index (κ2) is 11.1. The maximum absolute atomic E-state index is 12.6. The minimum Gasteiger partial charge on any atom is -0.465 e. The maximum Gasteiger partial charge on any atom is 0.337 e. The molecular formula is C25H24N6O5S. The van der Waals surface area contributed by atoms with Crippen LogP contribution >= 0.6 is 11.8 Å². The van der Waals surface area contributed by atoms with Crippen LogP contribution in [0.15, 0.2) is 63.3 Å². The first-order valence-electron chi connectivity index (χ1n) is 11.2. The Kier molecular flexibility index (Phi) is 7.68. The molecule has 1 amide bonds. The summed E-state index contributed by atoms with van der Waals surface area (Å²) in [5, 5.41) is 11.9. The SMILES string of the molecule is COC(=O)c1ccc(NC(=O)CSc2nnc(Cc3cc(=O)[nH]c(=O)[nH]3)n2-c2cc(C)ccc2C)cc1. The first-order valence-corrected chi connectivity index (χ1v) is 12.2. The molecule has 0 aliphatic carbocycles. The van der Waals surface area contributed by atoms with Crippen LogP contribution in [0.3, 0.4) is 0 Å². The van der Waals surface area contributed by atoms with Crippen LogP contribution in [0.1, 0.15) is 33.0 Å². The monoisotopic (exact) mass is 520 g/mol. The minimum atomic E-state index is -0.605. The van der Waals surface area contributed by atoms with Crippen molar-refractivity contribution in [1.82, 2.24) is 24.7 Å². The molecular weight excluding hydrogens is 496 g/mol. The first kappa shape index (κ1) is 25.6. The number of ether oxygens (including phenoxy) is 1. The van der Waals surface area contributed by atoms with Crippen molar-refractivity contribution >= 4 is 29.3 Å². The summed E-state index contributed by atoms with van der Waals surface area (Å²) in [7, 11) is 1.30. The number of methoxy groups -OCH3 is 1. The van der Waals surface area contributed by atoms with Gasteiger partial charge in [-0.05, 0) is 55.3 Å². The van der Waals surface area contributed by atoms with Crippen molar-refractivity contribution in [2.24, 2.45) is 0 Å². The number of carbonyl (C=O) groups excluding carboxylic acids is 2. The van der Waals surface area contributed by atoms with Gasteiger partial charge in [0, 0.05) is 23.9 Å². The van der Waals surface area contributed by atoms with Crippen molar-refractivity contribution < 1.29 is 14.3 Å². The van der Waals surface area contributed by atoms with Crippen molar-refractivity contribution in [3.63, 3.8) is 0 Å². The Labute approximate surface area is 215 Å². The molecule has 12 heteroatoms. The molecule has 4 rings (SSSR count). The Hall–Kier alpha value is -4.45. The highest BCUT2D eigenvalue weighted by Crippen LogP contribution is 2.26. The highest BCUT2D eigenvalue weighted by atomic mass is 32.2. The molecule has 0 aliphatic heterocycles. The smallest absolute Gasteiger partial charge is 0.337 e. The van der Waals surface area contributed by atoms with Gasteiger partial charge < -0.3 is 15.0 Å². The third-order valence-corrected chi connectivity index (χ3v) is 6.32. The number of amides is 1. The Morgan fingerprint density at radius 3 is 2.49 bits per heavy atom. The van der Waals surface area contributed by atoms with E-state index in [9.17, 15) is 19.2 Å². The normalized spacial score (nSPS) is 10.8. The Bertz CT molecular complexity index is 1540. The van der Waals surface area contributed by atoms with E-state index in [0.29, 0.717) is 27.9 Å². The van der Waals surface area contributed by atoms with Gasteiger partial charge in [0.25, 0.3) is 5.56 Å². The quantitative estimate of drug-likeness (QED) is 0.237. The molecule has 190 valence electrons. The van der Waals surface area contributed by atoms with Gasteiger partial charge in [-0.15, -0.1) is 10.2 Å². The van der Waals surface area contributed by atoms with Crippen molar-refractivity contribution in [3.8, 4) is 5.69 Å². The summed E-state index contributed by atoms with van der Waals surface area (Å²) < 4.78 is 6.50. The molecule has 0 atom stereocenters. The van der Waals surface area contributed by atoms with Crippen molar-refractivity contribution in [2.45, 2.75) is 25.4 Å². The van der Waals surface area contributed by atoms with E-state index in [4.69, 9.17) is 0 Å². The largest absolute Gasteiger partial charge is 0.465 e. The van der Waals surface area contributed by atoms with Gasteiger partial charge in [-0.3, -0.25) is 19.1 Å². The lowest BCUT2D eigenvalue weighted by Crippen LogP contribution is -2.23. The molecule has 2 aromatic heterocycles. The van der Waals surface area contributed by atoms with E-state index in [-0.39, 0.29) is 18.1 Å². The Morgan fingerprint density at radius 1 is 1.03 bits per heavy atom. The molecule has 0 fully saturated rings. The standard InChI is InChI=1S/C25H24N6O5S/c1-14-4-5-15(2)19(10-14)31-20(11-18-12-21(32)28-24(35)27-18)29-30-25(31)37-13-22(33)26-17-8-6-16(7-9-17)23(34)36-3/h4-10,12H,11,13H2,1-3H3,(H,26,33)(H2,27,28,32,35). The molecule has 3 N–H and O–H groups in total. The van der Waals surface area contributed by atoms with E-state index in [1.807, 2.05) is 36.6 Å². The van der Waals surface area contributed by atoms with E-state index < -0.39 is 17.2 Å². The highest BCUT2D eigenvalue weighted by molar-refractivity contribution is 7.99. The van der Waals surface area contributed by atoms with Crippen LogP contribution in [0.4, 0.5) is 5.69 Å². The number of nitrogens with zero attached hydrogens (tertiary/aromatic N) is 3. The Morgan fingerprint density at radius 2 is 1.78 bits per heavy atom. The number of aromatic amines is 2. The average Bonchev–Trinajstić information content (AvgIpc) is 3.25. The number of rotatable bonds is 8. The zero-order chi connectivity index (χ0) is 26.5. The molecule has 0 saturated carbocycles. The molecule has 0 unspecified atom stereocenters. The van der Waals surface area contributed by atoms with E-state index in [2.05, 4.69) is 30.2 Å². The van der Waals surface area contributed by atoms with Gasteiger partial charge in [0.15, 0.2) is 5.16 Å². The van der Waals surface area contributed by atoms with Crippen LogP contribution in [0.2, 0.25) is 0 Å². The number of anilines is 1. The number of hydrogen-bond acceptors (Lipinski definition) is 8. The lowest BCUT2D eigenvalue weighted by molar-refractivity contribution is -0.113. The van der Waals surface area contributed by atoms with Gasteiger partial charge in [-0.1, -0.05) is 23.9 Å². The van der Waals surface area contributed by atoms with Crippen LogP contribution in [0.25, 0.3) is 5.69 Å². The molecule has 0 bridgehead atoms. The Balaban J connectivity index is 1.57. The van der Waals surface area contributed by atoms with Gasteiger partial charge in [0.2, 0.25) is 5.91 Å². The number of H-pyrrole nitrogens is 2. The van der Waals surface area contributed by atoms with Gasteiger partial charge in [-0.2, -0.15) is 0 Å². The minimum absolute atomic E-state index is 0.0452. The molecule has 0 saturated heterocycles. The molecule has 0 radical (unpaired) electrons. The lowest BCUT2D eigenvalue weighted by Gasteiger charge is -2.14. The van der Waals surface area contributed by atoms with Crippen LogP contribution in [-0.2, 0) is 16.0 Å². The maximum atomic E-state index is 12.6. The van der Waals surface area contributed by atoms with Crippen molar-refractivity contribution in [3.05, 3.63) is 97.6 Å². The van der Waals surface area contributed by atoms with Crippen LogP contribution in [-0.4, -0.2) is 49.5 Å². The van der Waals surface area contributed by atoms with Crippen LogP contribution in [0.5, 0.6) is 0 Å². The van der Waals surface area contributed by atoms with Gasteiger partial charge in [0.05, 0.1) is 24.1 Å². The fourth-order valence-electron chi connectivity index (χ4n) is 3.63. The van der Waals surface area contributed by atoms with Crippen molar-refractivity contribution in [2.75, 3.05) is 18.2 Å². The van der Waals surface area contributed by atoms with Crippen LogP contribution < -0.4 is 16.6 Å². The molecule has 2 aromatic carbocycles. The summed E-state index contributed by atoms with van der Waals surface area (Å²) >= 11 is 1.20. The number of thioether (sulfide) groups is 1. The first-order chi connectivity index (χ1) is 17.7. The number of nitrogens with one attached hydrogen (secondary N) is 3. The average molecular weight is 521 g/mol. The number of esters is 1. The topological polar surface area (TPSA) is 152 Å². The molecule has 11 nitrogen and oxygen atoms in total. The summed E-state index contributed by atoms with van der Waals surface area (Å²) in [4.78, 5) is 52.5. The number of aromatic nitrogens is 5. The van der Waals surface area contributed by atoms with Crippen molar-refractivity contribution in [1.29, 1.82) is 0 Å². The summed E-state index contributed by atoms with van der Waals surface area (Å²) in [5.74, 6) is -0.189. The number of aryl methyl sites for hydroxylation is 2. The highest BCUT2D eigenvalue weighted by Gasteiger charge is 2.19. The number of hydrogen-bond donors (Lipinski definition) is 3.